The van der Waals surface area contributed by atoms with E-state index >= 15 is 0 Å². The smallest absolute Gasteiger partial charge is 0.236 e. The molecule has 1 aromatic heterocycles. The Morgan fingerprint density at radius 1 is 1.17 bits per heavy atom. The number of likely N-dealkylation sites (tertiary alicyclic amines) is 2. The molecule has 2 saturated heterocycles. The number of hydrogen-bond acceptors (Lipinski definition) is 4. The first-order valence-corrected chi connectivity index (χ1v) is 12.4. The van der Waals surface area contributed by atoms with E-state index < -0.39 is 0 Å². The molecule has 3 heterocycles. The van der Waals surface area contributed by atoms with Gasteiger partial charge in [-0.1, -0.05) is 36.9 Å². The molecule has 30 heavy (non-hydrogen) atoms. The second kappa shape index (κ2) is 9.96. The highest BCUT2D eigenvalue weighted by Gasteiger charge is 2.31. The molecule has 0 bridgehead atoms. The minimum atomic E-state index is -0.171. The third kappa shape index (κ3) is 4.72. The van der Waals surface area contributed by atoms with Crippen molar-refractivity contribution in [2.45, 2.75) is 75.4 Å². The van der Waals surface area contributed by atoms with E-state index in [0.29, 0.717) is 6.04 Å². The molecule has 2 aromatic rings. The van der Waals surface area contributed by atoms with Gasteiger partial charge in [-0.25, -0.2) is 0 Å². The molecule has 162 valence electrons. The number of benzene rings is 1. The Bertz CT molecular complexity index is 833. The number of quaternary nitrogens is 1. The Labute approximate surface area is 184 Å². The lowest BCUT2D eigenvalue weighted by molar-refractivity contribution is -0.902. The molecule has 2 atom stereocenters. The maximum Gasteiger partial charge on any atom is 0.236 e. The Kier molecular flexibility index (Phi) is 7.10. The fraction of sp³-hybridized carbons (Fsp3) is 0.609. The van der Waals surface area contributed by atoms with Gasteiger partial charge in [0.1, 0.15) is 6.54 Å². The van der Waals surface area contributed by atoms with Crippen LogP contribution in [0, 0.1) is 0 Å². The van der Waals surface area contributed by atoms with Gasteiger partial charge in [-0.2, -0.15) is 0 Å². The monoisotopic (exact) mass is 428 g/mol. The van der Waals surface area contributed by atoms with Crippen LogP contribution in [-0.2, 0) is 11.3 Å². The molecule has 0 radical (unpaired) electrons. The molecule has 2 aliphatic heterocycles. The molecule has 2 aliphatic rings. The molecule has 0 unspecified atom stereocenters. The van der Waals surface area contributed by atoms with E-state index in [4.69, 9.17) is 0 Å². The molecule has 1 N–H and O–H groups in total. The molecule has 2 fully saturated rings. The molecule has 0 aliphatic carbocycles. The van der Waals surface area contributed by atoms with Crippen molar-refractivity contribution in [3.8, 4) is 5.69 Å². The van der Waals surface area contributed by atoms with Gasteiger partial charge in [-0.05, 0) is 44.7 Å². The van der Waals surface area contributed by atoms with Gasteiger partial charge < -0.3 is 9.80 Å². The summed E-state index contributed by atoms with van der Waals surface area (Å²) < 4.78 is 2.16. The standard InChI is InChI=1S/C23H33N5OS/c1-3-19-11-7-8-16-27(19)22(29)18(2)30-23-25-24-21(17-26-14-9-10-15-26)28(23)20-12-5-4-6-13-20/h4-6,12-13,18-19H,3,7-11,14-17H2,1-2H3/p+1/t18-,19-/m0/s1. The van der Waals surface area contributed by atoms with E-state index in [1.54, 1.807) is 16.7 Å². The van der Waals surface area contributed by atoms with E-state index in [1.165, 1.54) is 32.4 Å². The van der Waals surface area contributed by atoms with Crippen LogP contribution in [0.15, 0.2) is 35.5 Å². The molecule has 7 heteroatoms. The van der Waals surface area contributed by atoms with Crippen LogP contribution < -0.4 is 4.90 Å². The predicted molar refractivity (Wildman–Crippen MR) is 120 cm³/mol. The highest BCUT2D eigenvalue weighted by atomic mass is 32.2. The van der Waals surface area contributed by atoms with Gasteiger partial charge in [0.2, 0.25) is 5.91 Å². The maximum atomic E-state index is 13.2. The maximum absolute atomic E-state index is 13.2. The first-order valence-electron chi connectivity index (χ1n) is 11.5. The summed E-state index contributed by atoms with van der Waals surface area (Å²) in [6.07, 6.45) is 7.08. The van der Waals surface area contributed by atoms with E-state index in [9.17, 15) is 4.79 Å². The van der Waals surface area contributed by atoms with Crippen LogP contribution in [-0.4, -0.2) is 56.5 Å². The van der Waals surface area contributed by atoms with E-state index in [0.717, 1.165) is 49.0 Å². The molecule has 0 saturated carbocycles. The average molecular weight is 429 g/mol. The number of carbonyl (C=O) groups excluding carboxylic acids is 1. The Morgan fingerprint density at radius 2 is 1.93 bits per heavy atom. The molecule has 1 amide bonds. The van der Waals surface area contributed by atoms with Gasteiger partial charge in [0.25, 0.3) is 0 Å². The number of carbonyl (C=O) groups is 1. The third-order valence-corrected chi connectivity index (χ3v) is 7.48. The molecular formula is C23H34N5OS+. The SMILES string of the molecule is CC[C@H]1CCCCN1C(=O)[C@H](C)Sc1nnc(C[NH+]2CCCC2)n1-c1ccccc1. The largest absolute Gasteiger partial charge is 0.339 e. The minimum Gasteiger partial charge on any atom is -0.339 e. The Balaban J connectivity index is 1.55. The van der Waals surface area contributed by atoms with Crippen molar-refractivity contribution in [3.63, 3.8) is 0 Å². The average Bonchev–Trinajstić information content (AvgIpc) is 3.44. The van der Waals surface area contributed by atoms with Gasteiger partial charge in [0.05, 0.1) is 18.3 Å². The number of amides is 1. The first kappa shape index (κ1) is 21.4. The first-order chi connectivity index (χ1) is 14.7. The van der Waals surface area contributed by atoms with Crippen molar-refractivity contribution in [1.82, 2.24) is 19.7 Å². The summed E-state index contributed by atoms with van der Waals surface area (Å²) in [7, 11) is 0. The van der Waals surface area contributed by atoms with Crippen LogP contribution in [0.2, 0.25) is 0 Å². The number of nitrogens with one attached hydrogen (secondary N) is 1. The lowest BCUT2D eigenvalue weighted by Gasteiger charge is -2.36. The zero-order valence-corrected chi connectivity index (χ0v) is 19.0. The van der Waals surface area contributed by atoms with Gasteiger partial charge in [-0.15, -0.1) is 10.2 Å². The Morgan fingerprint density at radius 3 is 2.67 bits per heavy atom. The summed E-state index contributed by atoms with van der Waals surface area (Å²) in [6.45, 7) is 8.38. The number of hydrogen-bond donors (Lipinski definition) is 1. The highest BCUT2D eigenvalue weighted by molar-refractivity contribution is 8.00. The van der Waals surface area contributed by atoms with Crippen molar-refractivity contribution in [2.24, 2.45) is 0 Å². The summed E-state index contributed by atoms with van der Waals surface area (Å²) in [4.78, 5) is 16.9. The molecule has 6 nitrogen and oxygen atoms in total. The lowest BCUT2D eigenvalue weighted by atomic mass is 10.00. The second-order valence-corrected chi connectivity index (χ2v) is 9.86. The number of thioether (sulfide) groups is 1. The molecular weight excluding hydrogens is 394 g/mol. The second-order valence-electron chi connectivity index (χ2n) is 8.55. The molecule has 0 spiro atoms. The molecule has 1 aromatic carbocycles. The van der Waals surface area contributed by atoms with Gasteiger partial charge in [-0.3, -0.25) is 9.36 Å². The normalized spacial score (nSPS) is 21.1. The molecule has 4 rings (SSSR count). The van der Waals surface area contributed by atoms with E-state index in [1.807, 2.05) is 25.1 Å². The van der Waals surface area contributed by atoms with Gasteiger partial charge >= 0.3 is 0 Å². The van der Waals surface area contributed by atoms with Gasteiger partial charge in [0.15, 0.2) is 11.0 Å². The van der Waals surface area contributed by atoms with Crippen molar-refractivity contribution in [2.75, 3.05) is 19.6 Å². The summed E-state index contributed by atoms with van der Waals surface area (Å²) in [6, 6.07) is 10.7. The van der Waals surface area contributed by atoms with Gasteiger partial charge in [0, 0.05) is 31.1 Å². The fourth-order valence-corrected chi connectivity index (χ4v) is 5.72. The van der Waals surface area contributed by atoms with Crippen LogP contribution in [0.1, 0.15) is 58.2 Å². The van der Waals surface area contributed by atoms with Crippen molar-refractivity contribution >= 4 is 17.7 Å². The zero-order chi connectivity index (χ0) is 20.9. The number of piperidine rings is 1. The third-order valence-electron chi connectivity index (χ3n) is 6.44. The summed E-state index contributed by atoms with van der Waals surface area (Å²) in [5, 5.41) is 9.74. The topological polar surface area (TPSA) is 55.5 Å². The van der Waals surface area contributed by atoms with Crippen molar-refractivity contribution in [1.29, 1.82) is 0 Å². The van der Waals surface area contributed by atoms with Crippen molar-refractivity contribution < 1.29 is 9.69 Å². The van der Waals surface area contributed by atoms with Crippen LogP contribution in [0.4, 0.5) is 0 Å². The number of rotatable bonds is 7. The minimum absolute atomic E-state index is 0.171. The lowest BCUT2D eigenvalue weighted by Crippen LogP contribution is -3.08. The fourth-order valence-electron chi connectivity index (χ4n) is 4.76. The summed E-state index contributed by atoms with van der Waals surface area (Å²) in [5.41, 5.74) is 1.07. The van der Waals surface area contributed by atoms with E-state index in [2.05, 4.69) is 38.7 Å². The summed E-state index contributed by atoms with van der Waals surface area (Å²) in [5.74, 6) is 1.23. The summed E-state index contributed by atoms with van der Waals surface area (Å²) >= 11 is 1.55. The van der Waals surface area contributed by atoms with Crippen LogP contribution in [0.5, 0.6) is 0 Å². The quantitative estimate of drug-likeness (QED) is 0.689. The zero-order valence-electron chi connectivity index (χ0n) is 18.2. The van der Waals surface area contributed by atoms with Crippen molar-refractivity contribution in [3.05, 3.63) is 36.2 Å². The van der Waals surface area contributed by atoms with E-state index in [-0.39, 0.29) is 11.2 Å². The highest BCUT2D eigenvalue weighted by Crippen LogP contribution is 2.29. The predicted octanol–water partition coefficient (Wildman–Crippen LogP) is 2.72. The Hall–Kier alpha value is -1.86. The van der Waals surface area contributed by atoms with Crippen LogP contribution in [0.25, 0.3) is 5.69 Å². The van der Waals surface area contributed by atoms with Crippen LogP contribution in [0.3, 0.4) is 0 Å². The number of nitrogens with zero attached hydrogens (tertiary/aromatic N) is 4. The van der Waals surface area contributed by atoms with Crippen LogP contribution >= 0.6 is 11.8 Å². The number of aromatic nitrogens is 3. The number of para-hydroxylation sites is 1.